The summed E-state index contributed by atoms with van der Waals surface area (Å²) < 4.78 is 27.1. The summed E-state index contributed by atoms with van der Waals surface area (Å²) in [6.45, 7) is 6.31. The van der Waals surface area contributed by atoms with Gasteiger partial charge in [-0.05, 0) is 23.6 Å². The maximum Gasteiger partial charge on any atom is 0.243 e. The SMILES string of the molecule is CC(C)c1ccc(S(=O)(=O)N2CCN(c3cnccn3)CC2)cc1. The van der Waals surface area contributed by atoms with Crippen LogP contribution < -0.4 is 4.90 Å². The van der Waals surface area contributed by atoms with Crippen molar-refractivity contribution in [1.29, 1.82) is 0 Å². The molecule has 0 aliphatic carbocycles. The molecule has 0 atom stereocenters. The lowest BCUT2D eigenvalue weighted by Gasteiger charge is -2.34. The van der Waals surface area contributed by atoms with Gasteiger partial charge in [0.2, 0.25) is 10.0 Å². The Balaban J connectivity index is 1.70. The standard InChI is InChI=1S/C17H22N4O2S/c1-14(2)15-3-5-16(6-4-15)24(22,23)21-11-9-20(10-12-21)17-13-18-7-8-19-17/h3-8,13-14H,9-12H2,1-2H3. The molecule has 1 aromatic heterocycles. The summed E-state index contributed by atoms with van der Waals surface area (Å²) in [7, 11) is -3.44. The van der Waals surface area contributed by atoms with Crippen LogP contribution in [-0.4, -0.2) is 48.9 Å². The zero-order valence-electron chi connectivity index (χ0n) is 14.0. The lowest BCUT2D eigenvalue weighted by atomic mass is 10.0. The zero-order valence-corrected chi connectivity index (χ0v) is 14.8. The lowest BCUT2D eigenvalue weighted by molar-refractivity contribution is 0.383. The van der Waals surface area contributed by atoms with Gasteiger partial charge in [-0.1, -0.05) is 26.0 Å². The molecule has 1 aromatic carbocycles. The van der Waals surface area contributed by atoms with Crippen molar-refractivity contribution in [3.05, 3.63) is 48.4 Å². The summed E-state index contributed by atoms with van der Waals surface area (Å²) >= 11 is 0. The summed E-state index contributed by atoms with van der Waals surface area (Å²) in [5.41, 5.74) is 1.14. The number of rotatable bonds is 4. The number of sulfonamides is 1. The topological polar surface area (TPSA) is 66.4 Å². The average molecular weight is 346 g/mol. The van der Waals surface area contributed by atoms with Gasteiger partial charge in [-0.2, -0.15) is 4.31 Å². The first-order valence-corrected chi connectivity index (χ1v) is 9.53. The number of nitrogens with zero attached hydrogens (tertiary/aromatic N) is 4. The Kier molecular flexibility index (Phi) is 4.82. The van der Waals surface area contributed by atoms with Crippen LogP contribution in [0.4, 0.5) is 5.82 Å². The van der Waals surface area contributed by atoms with E-state index in [9.17, 15) is 8.42 Å². The second-order valence-corrected chi connectivity index (χ2v) is 8.12. The van der Waals surface area contributed by atoms with E-state index in [1.807, 2.05) is 12.1 Å². The molecule has 6 nitrogen and oxygen atoms in total. The van der Waals surface area contributed by atoms with E-state index < -0.39 is 10.0 Å². The van der Waals surface area contributed by atoms with Crippen molar-refractivity contribution >= 4 is 15.8 Å². The number of piperazine rings is 1. The summed E-state index contributed by atoms with van der Waals surface area (Å²) in [6, 6.07) is 7.21. The Bertz CT molecular complexity index is 768. The second kappa shape index (κ2) is 6.86. The quantitative estimate of drug-likeness (QED) is 0.848. The molecular weight excluding hydrogens is 324 g/mol. The van der Waals surface area contributed by atoms with Crippen LogP contribution in [0.25, 0.3) is 0 Å². The van der Waals surface area contributed by atoms with E-state index in [2.05, 4.69) is 28.7 Å². The third-order valence-electron chi connectivity index (χ3n) is 4.30. The van der Waals surface area contributed by atoms with Crippen LogP contribution in [0.1, 0.15) is 25.3 Å². The van der Waals surface area contributed by atoms with Crippen molar-refractivity contribution in [2.45, 2.75) is 24.7 Å². The van der Waals surface area contributed by atoms with Gasteiger partial charge >= 0.3 is 0 Å². The van der Waals surface area contributed by atoms with Crippen LogP contribution >= 0.6 is 0 Å². The van der Waals surface area contributed by atoms with Gasteiger partial charge in [0.15, 0.2) is 0 Å². The molecule has 2 heterocycles. The molecule has 7 heteroatoms. The minimum Gasteiger partial charge on any atom is -0.353 e. The monoisotopic (exact) mass is 346 g/mol. The molecule has 24 heavy (non-hydrogen) atoms. The maximum absolute atomic E-state index is 12.8. The predicted octanol–water partition coefficient (Wildman–Crippen LogP) is 2.11. The van der Waals surface area contributed by atoms with Crippen molar-refractivity contribution in [3.63, 3.8) is 0 Å². The van der Waals surface area contributed by atoms with Crippen LogP contribution in [0.2, 0.25) is 0 Å². The van der Waals surface area contributed by atoms with E-state index in [1.165, 1.54) is 0 Å². The Morgan fingerprint density at radius 2 is 1.67 bits per heavy atom. The van der Waals surface area contributed by atoms with Crippen LogP contribution in [0, 0.1) is 0 Å². The van der Waals surface area contributed by atoms with Crippen molar-refractivity contribution in [2.75, 3.05) is 31.1 Å². The number of hydrogen-bond acceptors (Lipinski definition) is 5. The van der Waals surface area contributed by atoms with Gasteiger partial charge in [-0.25, -0.2) is 13.4 Å². The zero-order chi connectivity index (χ0) is 17.2. The molecule has 0 bridgehead atoms. The number of anilines is 1. The van der Waals surface area contributed by atoms with Crippen molar-refractivity contribution in [2.24, 2.45) is 0 Å². The lowest BCUT2D eigenvalue weighted by Crippen LogP contribution is -2.48. The number of benzene rings is 1. The molecule has 2 aromatic rings. The Labute approximate surface area is 143 Å². The van der Waals surface area contributed by atoms with Crippen LogP contribution in [-0.2, 0) is 10.0 Å². The summed E-state index contributed by atoms with van der Waals surface area (Å²) in [6.07, 6.45) is 4.98. The van der Waals surface area contributed by atoms with E-state index in [-0.39, 0.29) is 0 Å². The highest BCUT2D eigenvalue weighted by Crippen LogP contribution is 2.22. The van der Waals surface area contributed by atoms with Crippen LogP contribution in [0.3, 0.4) is 0 Å². The van der Waals surface area contributed by atoms with Crippen LogP contribution in [0.15, 0.2) is 47.8 Å². The van der Waals surface area contributed by atoms with Gasteiger partial charge in [0.25, 0.3) is 0 Å². The first-order valence-electron chi connectivity index (χ1n) is 8.09. The molecular formula is C17H22N4O2S. The Hall–Kier alpha value is -1.99. The summed E-state index contributed by atoms with van der Waals surface area (Å²) in [4.78, 5) is 10.7. The maximum atomic E-state index is 12.8. The third kappa shape index (κ3) is 3.42. The van der Waals surface area contributed by atoms with Gasteiger partial charge in [0.05, 0.1) is 11.1 Å². The fourth-order valence-corrected chi connectivity index (χ4v) is 4.21. The van der Waals surface area contributed by atoms with E-state index in [0.717, 1.165) is 11.4 Å². The highest BCUT2D eigenvalue weighted by molar-refractivity contribution is 7.89. The van der Waals surface area contributed by atoms with Crippen molar-refractivity contribution in [3.8, 4) is 0 Å². The van der Waals surface area contributed by atoms with Gasteiger partial charge in [-0.15, -0.1) is 0 Å². The first kappa shape index (κ1) is 16.9. The summed E-state index contributed by atoms with van der Waals surface area (Å²) in [5.74, 6) is 1.17. The smallest absolute Gasteiger partial charge is 0.243 e. The van der Waals surface area contributed by atoms with E-state index in [4.69, 9.17) is 0 Å². The van der Waals surface area contributed by atoms with Gasteiger partial charge in [0, 0.05) is 38.6 Å². The summed E-state index contributed by atoms with van der Waals surface area (Å²) in [5, 5.41) is 0. The number of hydrogen-bond donors (Lipinski definition) is 0. The van der Waals surface area contributed by atoms with Gasteiger partial charge in [-0.3, -0.25) is 4.98 Å². The normalized spacial score (nSPS) is 16.5. The van der Waals surface area contributed by atoms with Gasteiger partial charge in [0.1, 0.15) is 5.82 Å². The van der Waals surface area contributed by atoms with Crippen LogP contribution in [0.5, 0.6) is 0 Å². The molecule has 1 aliphatic heterocycles. The minimum atomic E-state index is -3.44. The highest BCUT2D eigenvalue weighted by Gasteiger charge is 2.28. The largest absolute Gasteiger partial charge is 0.353 e. The molecule has 1 aliphatic rings. The van der Waals surface area contributed by atoms with Crippen molar-refractivity contribution in [1.82, 2.24) is 14.3 Å². The molecule has 1 saturated heterocycles. The van der Waals surface area contributed by atoms with E-state index in [1.54, 1.807) is 35.0 Å². The van der Waals surface area contributed by atoms with E-state index in [0.29, 0.717) is 37.0 Å². The Morgan fingerprint density at radius 3 is 2.21 bits per heavy atom. The average Bonchev–Trinajstić information content (AvgIpc) is 2.62. The van der Waals surface area contributed by atoms with Gasteiger partial charge < -0.3 is 4.90 Å². The Morgan fingerprint density at radius 1 is 1.00 bits per heavy atom. The second-order valence-electron chi connectivity index (χ2n) is 6.18. The van der Waals surface area contributed by atoms with E-state index >= 15 is 0 Å². The third-order valence-corrected chi connectivity index (χ3v) is 6.21. The molecule has 0 spiro atoms. The number of aromatic nitrogens is 2. The minimum absolute atomic E-state index is 0.361. The fraction of sp³-hybridized carbons (Fsp3) is 0.412. The molecule has 0 unspecified atom stereocenters. The predicted molar refractivity (Wildman–Crippen MR) is 93.5 cm³/mol. The molecule has 128 valence electrons. The molecule has 0 saturated carbocycles. The molecule has 0 N–H and O–H groups in total. The molecule has 0 radical (unpaired) electrons. The highest BCUT2D eigenvalue weighted by atomic mass is 32.2. The molecule has 0 amide bonds. The molecule has 3 rings (SSSR count). The molecule has 1 fully saturated rings. The van der Waals surface area contributed by atoms with Crippen molar-refractivity contribution < 1.29 is 8.42 Å². The fourth-order valence-electron chi connectivity index (χ4n) is 2.79. The first-order chi connectivity index (χ1) is 11.5.